The molecule has 0 spiro atoms. The molecule has 0 unspecified atom stereocenters. The Morgan fingerprint density at radius 1 is 0.733 bits per heavy atom. The van der Waals surface area contributed by atoms with Gasteiger partial charge in [0.05, 0.1) is 6.54 Å². The van der Waals surface area contributed by atoms with Crippen LogP contribution in [0.25, 0.3) is 32.9 Å². The number of para-hydroxylation sites is 1. The highest BCUT2D eigenvalue weighted by Gasteiger charge is 2.07. The first-order chi connectivity index (χ1) is 14.7. The lowest BCUT2D eigenvalue weighted by Crippen LogP contribution is -1.96. The molecule has 146 valence electrons. The molecule has 1 aromatic heterocycles. The predicted octanol–water partition coefficient (Wildman–Crippen LogP) is 7.31. The zero-order valence-electron chi connectivity index (χ0n) is 17.3. The average molecular weight is 389 g/mol. The Balaban J connectivity index is 1.51. The van der Waals surface area contributed by atoms with Gasteiger partial charge in [-0.2, -0.15) is 0 Å². The molecule has 0 atom stereocenters. The van der Waals surface area contributed by atoms with E-state index < -0.39 is 0 Å². The number of aryl methyl sites for hydroxylation is 1. The molecule has 0 saturated heterocycles. The van der Waals surface area contributed by atoms with Gasteiger partial charge in [-0.05, 0) is 60.4 Å². The maximum absolute atomic E-state index is 4.83. The average Bonchev–Trinajstić information content (AvgIpc) is 3.15. The summed E-state index contributed by atoms with van der Waals surface area (Å²) < 4.78 is 0. The molecule has 0 fully saturated rings. The van der Waals surface area contributed by atoms with Gasteiger partial charge >= 0.3 is 0 Å². The van der Waals surface area contributed by atoms with E-state index in [0.717, 1.165) is 5.71 Å². The number of nitrogens with zero attached hydrogens (tertiary/aromatic N) is 1. The topological polar surface area (TPSA) is 28.1 Å². The Labute approximate surface area is 176 Å². The largest absolute Gasteiger partial charge is 0.355 e. The Morgan fingerprint density at radius 2 is 1.50 bits per heavy atom. The van der Waals surface area contributed by atoms with Crippen molar-refractivity contribution in [2.45, 2.75) is 20.4 Å². The van der Waals surface area contributed by atoms with Gasteiger partial charge in [0.15, 0.2) is 0 Å². The van der Waals surface area contributed by atoms with Crippen LogP contribution in [0.5, 0.6) is 0 Å². The Bertz CT molecular complexity index is 1370. The first-order valence-corrected chi connectivity index (χ1v) is 10.4. The van der Waals surface area contributed by atoms with Crippen molar-refractivity contribution in [3.05, 3.63) is 108 Å². The van der Waals surface area contributed by atoms with E-state index in [2.05, 4.69) is 104 Å². The minimum atomic E-state index is 0.685. The fraction of sp³-hybridized carbons (Fsp3) is 0.107. The van der Waals surface area contributed by atoms with Crippen LogP contribution in [-0.4, -0.2) is 10.7 Å². The SMILES string of the molecule is CC(=NCc1cc(C)cc(-c2ccc3[nH]c4ccccc4c3c2)c1)c1ccccc1. The van der Waals surface area contributed by atoms with E-state index in [0.29, 0.717) is 6.54 Å². The lowest BCUT2D eigenvalue weighted by molar-refractivity contribution is 1.06. The van der Waals surface area contributed by atoms with E-state index in [1.165, 1.54) is 49.6 Å². The van der Waals surface area contributed by atoms with Crippen molar-refractivity contribution >= 4 is 27.5 Å². The van der Waals surface area contributed by atoms with E-state index >= 15 is 0 Å². The van der Waals surface area contributed by atoms with Crippen LogP contribution >= 0.6 is 0 Å². The van der Waals surface area contributed by atoms with Crippen LogP contribution in [-0.2, 0) is 6.54 Å². The molecule has 0 aliphatic rings. The van der Waals surface area contributed by atoms with E-state index in [1.807, 2.05) is 6.07 Å². The molecule has 0 amide bonds. The minimum absolute atomic E-state index is 0.685. The van der Waals surface area contributed by atoms with Gasteiger partial charge in [-0.15, -0.1) is 0 Å². The van der Waals surface area contributed by atoms with Gasteiger partial charge in [-0.3, -0.25) is 4.99 Å². The van der Waals surface area contributed by atoms with Crippen molar-refractivity contribution in [3.8, 4) is 11.1 Å². The van der Waals surface area contributed by atoms with Gasteiger partial charge in [-0.25, -0.2) is 0 Å². The van der Waals surface area contributed by atoms with Crippen molar-refractivity contribution in [3.63, 3.8) is 0 Å². The van der Waals surface area contributed by atoms with Gasteiger partial charge in [0.25, 0.3) is 0 Å². The first-order valence-electron chi connectivity index (χ1n) is 10.4. The summed E-state index contributed by atoms with van der Waals surface area (Å²) in [5, 5.41) is 2.54. The number of fused-ring (bicyclic) bond motifs is 3. The summed E-state index contributed by atoms with van der Waals surface area (Å²) in [6.07, 6.45) is 0. The molecule has 2 heteroatoms. The predicted molar refractivity (Wildman–Crippen MR) is 128 cm³/mol. The van der Waals surface area contributed by atoms with Crippen LogP contribution in [0.2, 0.25) is 0 Å². The summed E-state index contributed by atoms with van der Waals surface area (Å²) in [6, 6.07) is 32.3. The zero-order chi connectivity index (χ0) is 20.5. The molecular formula is C28H24N2. The van der Waals surface area contributed by atoms with Crippen molar-refractivity contribution in [2.75, 3.05) is 0 Å². The summed E-state index contributed by atoms with van der Waals surface area (Å²) >= 11 is 0. The highest BCUT2D eigenvalue weighted by atomic mass is 14.7. The van der Waals surface area contributed by atoms with Gasteiger partial charge < -0.3 is 4.98 Å². The number of H-pyrrole nitrogens is 1. The molecule has 4 aromatic carbocycles. The number of aliphatic imine (C=N–C) groups is 1. The summed E-state index contributed by atoms with van der Waals surface area (Å²) in [6.45, 7) is 4.92. The van der Waals surface area contributed by atoms with Crippen molar-refractivity contribution in [1.29, 1.82) is 0 Å². The second-order valence-corrected chi connectivity index (χ2v) is 7.91. The lowest BCUT2D eigenvalue weighted by atomic mass is 9.98. The summed E-state index contributed by atoms with van der Waals surface area (Å²) in [5.74, 6) is 0. The number of hydrogen-bond acceptors (Lipinski definition) is 1. The molecule has 0 aliphatic carbocycles. The number of benzene rings is 4. The minimum Gasteiger partial charge on any atom is -0.355 e. The second-order valence-electron chi connectivity index (χ2n) is 7.91. The first kappa shape index (κ1) is 18.4. The standard InChI is InChI=1S/C28H24N2/c1-19-14-21(18-29-20(2)22-8-4-3-5-9-22)16-24(15-19)23-12-13-28-26(17-23)25-10-6-7-11-27(25)30-28/h3-17,30H,18H2,1-2H3. The van der Waals surface area contributed by atoms with Crippen LogP contribution in [0.3, 0.4) is 0 Å². The van der Waals surface area contributed by atoms with Crippen LogP contribution in [0.4, 0.5) is 0 Å². The maximum atomic E-state index is 4.83. The number of aromatic amines is 1. The summed E-state index contributed by atoms with van der Waals surface area (Å²) in [7, 11) is 0. The second kappa shape index (κ2) is 7.64. The summed E-state index contributed by atoms with van der Waals surface area (Å²) in [4.78, 5) is 8.34. The van der Waals surface area contributed by atoms with E-state index in [9.17, 15) is 0 Å². The molecule has 2 nitrogen and oxygen atoms in total. The van der Waals surface area contributed by atoms with E-state index in [4.69, 9.17) is 4.99 Å². The third-order valence-corrected chi connectivity index (χ3v) is 5.67. The maximum Gasteiger partial charge on any atom is 0.0643 e. The highest BCUT2D eigenvalue weighted by Crippen LogP contribution is 2.31. The fourth-order valence-electron chi connectivity index (χ4n) is 4.13. The monoisotopic (exact) mass is 388 g/mol. The van der Waals surface area contributed by atoms with E-state index in [-0.39, 0.29) is 0 Å². The van der Waals surface area contributed by atoms with Crippen molar-refractivity contribution in [1.82, 2.24) is 4.98 Å². The molecule has 0 bridgehead atoms. The third kappa shape index (κ3) is 3.53. The highest BCUT2D eigenvalue weighted by molar-refractivity contribution is 6.08. The van der Waals surface area contributed by atoms with Crippen LogP contribution in [0.15, 0.2) is 96.0 Å². The zero-order valence-corrected chi connectivity index (χ0v) is 17.3. The normalized spacial score (nSPS) is 12.0. The molecule has 0 aliphatic heterocycles. The third-order valence-electron chi connectivity index (χ3n) is 5.67. The Hall–Kier alpha value is -3.65. The van der Waals surface area contributed by atoms with Crippen LogP contribution in [0, 0.1) is 6.92 Å². The summed E-state index contributed by atoms with van der Waals surface area (Å²) in [5.41, 5.74) is 9.57. The van der Waals surface area contributed by atoms with Gasteiger partial charge in [0, 0.05) is 27.5 Å². The lowest BCUT2D eigenvalue weighted by Gasteiger charge is -2.08. The van der Waals surface area contributed by atoms with Crippen molar-refractivity contribution in [2.24, 2.45) is 4.99 Å². The van der Waals surface area contributed by atoms with Gasteiger partial charge in [0.2, 0.25) is 0 Å². The van der Waals surface area contributed by atoms with Crippen molar-refractivity contribution < 1.29 is 0 Å². The van der Waals surface area contributed by atoms with Crippen LogP contribution < -0.4 is 0 Å². The molecule has 5 rings (SSSR count). The molecule has 30 heavy (non-hydrogen) atoms. The Morgan fingerprint density at radius 3 is 2.37 bits per heavy atom. The smallest absolute Gasteiger partial charge is 0.0643 e. The van der Waals surface area contributed by atoms with Crippen LogP contribution in [0.1, 0.15) is 23.6 Å². The van der Waals surface area contributed by atoms with Gasteiger partial charge in [-0.1, -0.05) is 72.3 Å². The number of rotatable bonds is 4. The molecule has 5 aromatic rings. The fourth-order valence-corrected chi connectivity index (χ4v) is 4.13. The number of aromatic nitrogens is 1. The molecule has 1 heterocycles. The quantitative estimate of drug-likeness (QED) is 0.313. The van der Waals surface area contributed by atoms with Gasteiger partial charge in [0.1, 0.15) is 0 Å². The molecule has 0 radical (unpaired) electrons. The van der Waals surface area contributed by atoms with E-state index in [1.54, 1.807) is 0 Å². The molecular weight excluding hydrogens is 364 g/mol. The number of nitrogens with one attached hydrogen (secondary N) is 1. The molecule has 0 saturated carbocycles. The molecule has 1 N–H and O–H groups in total. The number of hydrogen-bond donors (Lipinski definition) is 1. The Kier molecular flexibility index (Phi) is 4.68.